The number of nitrogens with two attached hydrogens (primary N) is 1. The quantitative estimate of drug-likeness (QED) is 0.572. The number of amides is 1. The molecule has 1 aromatic heterocycles. The van der Waals surface area contributed by atoms with Crippen molar-refractivity contribution < 1.29 is 4.79 Å². The molecule has 0 aliphatic heterocycles. The molecule has 0 aliphatic carbocycles. The number of benzene rings is 2. The molecular weight excluding hydrogens is 386 g/mol. The van der Waals surface area contributed by atoms with Gasteiger partial charge in [0.1, 0.15) is 5.01 Å². The Kier molecular flexibility index (Phi) is 5.98. The highest BCUT2D eigenvalue weighted by Crippen LogP contribution is 2.35. The van der Waals surface area contributed by atoms with Crippen molar-refractivity contribution in [1.29, 1.82) is 0 Å². The smallest absolute Gasteiger partial charge is 0.228 e. The number of rotatable bonds is 5. The second kappa shape index (κ2) is 8.22. The summed E-state index contributed by atoms with van der Waals surface area (Å²) in [6.07, 6.45) is 0.220. The predicted molar refractivity (Wildman–Crippen MR) is 111 cm³/mol. The molecule has 0 atom stereocenters. The number of anilines is 1. The van der Waals surface area contributed by atoms with Crippen LogP contribution in [-0.2, 0) is 11.2 Å². The molecule has 2 aromatic carbocycles. The first kappa shape index (κ1) is 18.9. The van der Waals surface area contributed by atoms with Crippen molar-refractivity contribution in [1.82, 2.24) is 4.98 Å². The van der Waals surface area contributed by atoms with E-state index in [9.17, 15) is 4.79 Å². The molecule has 134 valence electrons. The Balaban J connectivity index is 1.79. The lowest BCUT2D eigenvalue weighted by Crippen LogP contribution is -2.14. The molecule has 0 radical (unpaired) electrons. The van der Waals surface area contributed by atoms with Crippen LogP contribution in [0.2, 0.25) is 5.02 Å². The van der Waals surface area contributed by atoms with E-state index >= 15 is 0 Å². The van der Waals surface area contributed by atoms with Gasteiger partial charge < -0.3 is 5.32 Å². The number of carbonyl (C=O) groups excluding carboxylic acids is 1. The van der Waals surface area contributed by atoms with Gasteiger partial charge in [-0.1, -0.05) is 29.8 Å². The van der Waals surface area contributed by atoms with Gasteiger partial charge in [0.05, 0.1) is 12.1 Å². The summed E-state index contributed by atoms with van der Waals surface area (Å²) in [5.41, 5.74) is 3.49. The maximum absolute atomic E-state index is 12.3. The molecule has 0 bridgehead atoms. The molecular formula is C19H18ClN3OS2. The van der Waals surface area contributed by atoms with Crippen molar-refractivity contribution in [3.05, 3.63) is 63.6 Å². The van der Waals surface area contributed by atoms with E-state index < -0.39 is 0 Å². The number of nitrogens with zero attached hydrogens (tertiary/aromatic N) is 1. The molecule has 7 heteroatoms. The van der Waals surface area contributed by atoms with Crippen LogP contribution in [0.3, 0.4) is 0 Å². The molecule has 3 aromatic rings. The fourth-order valence-corrected chi connectivity index (χ4v) is 4.19. The van der Waals surface area contributed by atoms with Gasteiger partial charge in [0.25, 0.3) is 0 Å². The Morgan fingerprint density at radius 2 is 2.04 bits per heavy atom. The van der Waals surface area contributed by atoms with E-state index in [1.165, 1.54) is 4.88 Å². The molecule has 0 unspecified atom stereocenters. The molecule has 26 heavy (non-hydrogen) atoms. The minimum absolute atomic E-state index is 0.125. The lowest BCUT2D eigenvalue weighted by Gasteiger charge is -2.10. The average Bonchev–Trinajstić information content (AvgIpc) is 2.95. The van der Waals surface area contributed by atoms with Crippen molar-refractivity contribution in [2.24, 2.45) is 5.14 Å². The fraction of sp³-hybridized carbons (Fsp3) is 0.158. The van der Waals surface area contributed by atoms with Crippen LogP contribution >= 0.6 is 34.9 Å². The van der Waals surface area contributed by atoms with E-state index in [1.807, 2.05) is 43.3 Å². The number of hydrogen-bond donors (Lipinski definition) is 2. The Morgan fingerprint density at radius 3 is 2.69 bits per heavy atom. The van der Waals surface area contributed by atoms with E-state index in [0.29, 0.717) is 10.7 Å². The summed E-state index contributed by atoms with van der Waals surface area (Å²) in [5, 5.41) is 10.3. The summed E-state index contributed by atoms with van der Waals surface area (Å²) in [6, 6.07) is 13.0. The molecule has 4 nitrogen and oxygen atoms in total. The van der Waals surface area contributed by atoms with E-state index in [0.717, 1.165) is 38.7 Å². The zero-order chi connectivity index (χ0) is 18.7. The molecule has 0 spiro atoms. The van der Waals surface area contributed by atoms with Gasteiger partial charge in [0.2, 0.25) is 5.91 Å². The Labute approximate surface area is 165 Å². The van der Waals surface area contributed by atoms with Crippen LogP contribution in [0.1, 0.15) is 16.1 Å². The first-order chi connectivity index (χ1) is 12.5. The Morgan fingerprint density at radius 1 is 1.27 bits per heavy atom. The highest BCUT2D eigenvalue weighted by Gasteiger charge is 2.13. The topological polar surface area (TPSA) is 68.0 Å². The zero-order valence-corrected chi connectivity index (χ0v) is 16.8. The highest BCUT2D eigenvalue weighted by molar-refractivity contribution is 7.97. The van der Waals surface area contributed by atoms with Crippen LogP contribution in [-0.4, -0.2) is 10.9 Å². The maximum atomic E-state index is 12.3. The Bertz CT molecular complexity index is 936. The minimum atomic E-state index is -0.125. The van der Waals surface area contributed by atoms with Crippen molar-refractivity contribution in [2.45, 2.75) is 25.2 Å². The third-order valence-corrected chi connectivity index (χ3v) is 6.03. The number of aromatic nitrogens is 1. The number of halogens is 1. The molecule has 0 saturated carbocycles. The molecule has 1 amide bonds. The van der Waals surface area contributed by atoms with Crippen molar-refractivity contribution in [3.63, 3.8) is 0 Å². The molecule has 1 heterocycles. The summed E-state index contributed by atoms with van der Waals surface area (Å²) in [5.74, 6) is -0.125. The van der Waals surface area contributed by atoms with Crippen LogP contribution in [0.15, 0.2) is 47.4 Å². The van der Waals surface area contributed by atoms with Crippen LogP contribution in [0, 0.1) is 13.8 Å². The molecule has 3 N–H and O–H groups in total. The molecule has 0 saturated heterocycles. The number of nitrogens with one attached hydrogen (secondary N) is 1. The van der Waals surface area contributed by atoms with E-state index in [4.69, 9.17) is 16.7 Å². The van der Waals surface area contributed by atoms with E-state index in [2.05, 4.69) is 17.2 Å². The molecule has 0 aliphatic rings. The third kappa shape index (κ3) is 4.27. The van der Waals surface area contributed by atoms with Crippen molar-refractivity contribution in [3.8, 4) is 10.6 Å². The largest absolute Gasteiger partial charge is 0.326 e. The third-order valence-electron chi connectivity index (χ3n) is 3.96. The average molecular weight is 404 g/mol. The molecule has 3 rings (SSSR count). The van der Waals surface area contributed by atoms with Gasteiger partial charge >= 0.3 is 0 Å². The zero-order valence-electron chi connectivity index (χ0n) is 14.4. The first-order valence-electron chi connectivity index (χ1n) is 7.96. The highest BCUT2D eigenvalue weighted by atomic mass is 35.5. The predicted octanol–water partition coefficient (Wildman–Crippen LogP) is 5.23. The second-order valence-corrected chi connectivity index (χ2v) is 8.09. The summed E-state index contributed by atoms with van der Waals surface area (Å²) < 4.78 is 0. The van der Waals surface area contributed by atoms with Crippen molar-refractivity contribution in [2.75, 3.05) is 5.32 Å². The van der Waals surface area contributed by atoms with Gasteiger partial charge in [-0.25, -0.2) is 4.98 Å². The van der Waals surface area contributed by atoms with Crippen LogP contribution < -0.4 is 10.5 Å². The van der Waals surface area contributed by atoms with E-state index in [-0.39, 0.29) is 12.3 Å². The lowest BCUT2D eigenvalue weighted by atomic mass is 10.1. The van der Waals surface area contributed by atoms with Gasteiger partial charge in [-0.2, -0.15) is 0 Å². The van der Waals surface area contributed by atoms with Gasteiger partial charge in [0, 0.05) is 26.0 Å². The first-order valence-corrected chi connectivity index (χ1v) is 10.0. The second-order valence-electron chi connectivity index (χ2n) is 5.81. The van der Waals surface area contributed by atoms with E-state index in [1.54, 1.807) is 17.4 Å². The van der Waals surface area contributed by atoms with Crippen LogP contribution in [0.25, 0.3) is 10.6 Å². The van der Waals surface area contributed by atoms with Crippen molar-refractivity contribution >= 4 is 46.5 Å². The monoisotopic (exact) mass is 403 g/mol. The number of hydrogen-bond acceptors (Lipinski definition) is 5. The number of aryl methyl sites for hydroxylation is 2. The lowest BCUT2D eigenvalue weighted by molar-refractivity contribution is -0.115. The summed E-state index contributed by atoms with van der Waals surface area (Å²) >= 11 is 8.90. The maximum Gasteiger partial charge on any atom is 0.228 e. The summed E-state index contributed by atoms with van der Waals surface area (Å²) in [6.45, 7) is 4.04. The Hall–Kier alpha value is -1.86. The number of thiazole rings is 1. The number of carbonyl (C=O) groups is 1. The van der Waals surface area contributed by atoms with Crippen LogP contribution in [0.4, 0.5) is 5.69 Å². The van der Waals surface area contributed by atoms with Gasteiger partial charge in [-0.15, -0.1) is 11.3 Å². The van der Waals surface area contributed by atoms with Gasteiger partial charge in [0.15, 0.2) is 0 Å². The SMILES string of the molecule is Cc1nc(-c2ccc(NC(=O)Cc3ccccc3Cl)cc2SN)sc1C. The summed E-state index contributed by atoms with van der Waals surface area (Å²) in [4.78, 5) is 19.0. The van der Waals surface area contributed by atoms with Gasteiger partial charge in [-0.3, -0.25) is 9.93 Å². The summed E-state index contributed by atoms with van der Waals surface area (Å²) in [7, 11) is 0. The van der Waals surface area contributed by atoms with Crippen LogP contribution in [0.5, 0.6) is 0 Å². The normalized spacial score (nSPS) is 10.8. The minimum Gasteiger partial charge on any atom is -0.326 e. The van der Waals surface area contributed by atoms with Gasteiger partial charge in [-0.05, 0) is 55.6 Å². The fourth-order valence-electron chi connectivity index (χ4n) is 2.48. The standard InChI is InChI=1S/C19H18ClN3OS2/c1-11-12(2)25-19(22-11)15-8-7-14(10-17(15)26-21)23-18(24)9-13-5-3-4-6-16(13)20/h3-8,10H,9,21H2,1-2H3,(H,23,24). The molecule has 0 fully saturated rings.